The van der Waals surface area contributed by atoms with Gasteiger partial charge in [-0.1, -0.05) is 13.8 Å². The van der Waals surface area contributed by atoms with Gasteiger partial charge >= 0.3 is 0 Å². The van der Waals surface area contributed by atoms with Crippen LogP contribution in [-0.2, 0) is 0 Å². The molecule has 2 saturated heterocycles. The molecule has 0 radical (unpaired) electrons. The second-order valence-electron chi connectivity index (χ2n) is 8.13. The minimum absolute atomic E-state index is 0.421. The number of anilines is 2. The van der Waals surface area contributed by atoms with Crippen LogP contribution in [0.3, 0.4) is 0 Å². The predicted octanol–water partition coefficient (Wildman–Crippen LogP) is 3.68. The molecular weight excluding hydrogens is 336 g/mol. The molecule has 2 aliphatic rings. The number of hydrogen-bond donors (Lipinski definition) is 0. The molecule has 0 saturated carbocycles. The first-order valence-corrected chi connectivity index (χ1v) is 10.3. The van der Waals surface area contributed by atoms with Crippen molar-refractivity contribution in [2.24, 2.45) is 0 Å². The van der Waals surface area contributed by atoms with Gasteiger partial charge in [0.1, 0.15) is 23.8 Å². The topological polar surface area (TPSA) is 58.0 Å². The zero-order valence-corrected chi connectivity index (χ0v) is 16.7. The molecule has 0 unspecified atom stereocenters. The number of piperidine rings is 1. The third-order valence-corrected chi connectivity index (χ3v) is 5.75. The zero-order valence-electron chi connectivity index (χ0n) is 16.7. The van der Waals surface area contributed by atoms with Gasteiger partial charge in [-0.2, -0.15) is 0 Å². The predicted molar refractivity (Wildman–Crippen MR) is 109 cm³/mol. The molecule has 0 N–H and O–H groups in total. The highest BCUT2D eigenvalue weighted by Gasteiger charge is 2.27. The summed E-state index contributed by atoms with van der Waals surface area (Å²) in [4.78, 5) is 23.2. The third-order valence-electron chi connectivity index (χ3n) is 5.75. The molecule has 4 rings (SSSR count). The molecule has 6 nitrogen and oxygen atoms in total. The van der Waals surface area contributed by atoms with E-state index in [1.54, 1.807) is 6.33 Å². The van der Waals surface area contributed by atoms with Gasteiger partial charge in [-0.05, 0) is 38.5 Å². The molecule has 144 valence electrons. The van der Waals surface area contributed by atoms with Crippen LogP contribution >= 0.6 is 0 Å². The Morgan fingerprint density at radius 2 is 1.81 bits per heavy atom. The summed E-state index contributed by atoms with van der Waals surface area (Å²) < 4.78 is 0. The Morgan fingerprint density at radius 3 is 2.59 bits per heavy atom. The van der Waals surface area contributed by atoms with Gasteiger partial charge in [-0.3, -0.25) is 0 Å². The Hall–Kier alpha value is -2.24. The van der Waals surface area contributed by atoms with Crippen molar-refractivity contribution in [1.82, 2.24) is 19.9 Å². The fourth-order valence-electron chi connectivity index (χ4n) is 4.31. The molecule has 6 heteroatoms. The summed E-state index contributed by atoms with van der Waals surface area (Å²) in [6.07, 6.45) is 8.51. The molecule has 2 aliphatic heterocycles. The number of aromatic nitrogens is 4. The Balaban J connectivity index is 1.59. The van der Waals surface area contributed by atoms with E-state index in [0.717, 1.165) is 50.1 Å². The first kappa shape index (κ1) is 18.1. The van der Waals surface area contributed by atoms with E-state index in [1.165, 1.54) is 30.5 Å². The SMILES string of the molecule is Cc1nc([C@H]2CCCN(c3ncncc3C(C)C)C2)cc(N2CCCC2)n1. The largest absolute Gasteiger partial charge is 0.357 e. The fraction of sp³-hybridized carbons (Fsp3) is 0.619. The number of aryl methyl sites for hydroxylation is 1. The molecule has 2 fully saturated rings. The van der Waals surface area contributed by atoms with E-state index in [1.807, 2.05) is 13.1 Å². The molecule has 0 aliphatic carbocycles. The van der Waals surface area contributed by atoms with E-state index >= 15 is 0 Å². The average molecular weight is 367 g/mol. The van der Waals surface area contributed by atoms with E-state index in [4.69, 9.17) is 9.97 Å². The number of hydrogen-bond acceptors (Lipinski definition) is 6. The maximum atomic E-state index is 4.82. The fourth-order valence-corrected chi connectivity index (χ4v) is 4.31. The lowest BCUT2D eigenvalue weighted by molar-refractivity contribution is 0.495. The summed E-state index contributed by atoms with van der Waals surface area (Å²) in [5, 5.41) is 0. The van der Waals surface area contributed by atoms with Crippen LogP contribution in [0.2, 0.25) is 0 Å². The number of nitrogens with zero attached hydrogens (tertiary/aromatic N) is 6. The van der Waals surface area contributed by atoms with Crippen molar-refractivity contribution in [2.75, 3.05) is 36.0 Å². The molecule has 1 atom stereocenters. The van der Waals surface area contributed by atoms with Crippen molar-refractivity contribution in [1.29, 1.82) is 0 Å². The lowest BCUT2D eigenvalue weighted by Gasteiger charge is -2.35. The van der Waals surface area contributed by atoms with Gasteiger partial charge in [-0.25, -0.2) is 19.9 Å². The van der Waals surface area contributed by atoms with Gasteiger partial charge in [0.05, 0.1) is 5.69 Å². The maximum Gasteiger partial charge on any atom is 0.135 e. The van der Waals surface area contributed by atoms with Crippen LogP contribution in [0.5, 0.6) is 0 Å². The van der Waals surface area contributed by atoms with Crippen LogP contribution in [0.25, 0.3) is 0 Å². The summed E-state index contributed by atoms with van der Waals surface area (Å²) >= 11 is 0. The third kappa shape index (κ3) is 3.89. The van der Waals surface area contributed by atoms with Crippen molar-refractivity contribution < 1.29 is 0 Å². The Labute approximate surface area is 162 Å². The van der Waals surface area contributed by atoms with Gasteiger partial charge in [0.15, 0.2) is 0 Å². The smallest absolute Gasteiger partial charge is 0.135 e. The molecule has 0 spiro atoms. The van der Waals surface area contributed by atoms with Crippen LogP contribution in [0.4, 0.5) is 11.6 Å². The standard InChI is InChI=1S/C21H30N6/c1-15(2)18-12-22-14-23-21(18)27-10-6-7-17(13-27)19-11-20(25-16(3)24-19)26-8-4-5-9-26/h11-12,14-15,17H,4-10,13H2,1-3H3/t17-/m0/s1. The lowest BCUT2D eigenvalue weighted by Crippen LogP contribution is -2.36. The van der Waals surface area contributed by atoms with Crippen LogP contribution < -0.4 is 9.80 Å². The first-order valence-electron chi connectivity index (χ1n) is 10.3. The molecular formula is C21H30N6. The van der Waals surface area contributed by atoms with E-state index < -0.39 is 0 Å². The van der Waals surface area contributed by atoms with Gasteiger partial charge in [-0.15, -0.1) is 0 Å². The highest BCUT2D eigenvalue weighted by Crippen LogP contribution is 2.33. The molecule has 0 aromatic carbocycles. The summed E-state index contributed by atoms with van der Waals surface area (Å²) in [6, 6.07) is 2.23. The lowest BCUT2D eigenvalue weighted by atomic mass is 9.93. The summed E-state index contributed by atoms with van der Waals surface area (Å²) in [5.41, 5.74) is 2.42. The highest BCUT2D eigenvalue weighted by molar-refractivity contribution is 5.48. The number of rotatable bonds is 4. The van der Waals surface area contributed by atoms with E-state index in [9.17, 15) is 0 Å². The van der Waals surface area contributed by atoms with E-state index in [0.29, 0.717) is 11.8 Å². The van der Waals surface area contributed by atoms with Crippen LogP contribution in [0.15, 0.2) is 18.6 Å². The second kappa shape index (κ2) is 7.79. The minimum atomic E-state index is 0.421. The molecule has 2 aromatic rings. The van der Waals surface area contributed by atoms with Crippen LogP contribution in [0.1, 0.15) is 68.4 Å². The first-order chi connectivity index (χ1) is 13.1. The molecule has 27 heavy (non-hydrogen) atoms. The molecule has 0 bridgehead atoms. The van der Waals surface area contributed by atoms with E-state index in [-0.39, 0.29) is 0 Å². The summed E-state index contributed by atoms with van der Waals surface area (Å²) in [7, 11) is 0. The van der Waals surface area contributed by atoms with Crippen molar-refractivity contribution in [3.8, 4) is 0 Å². The second-order valence-corrected chi connectivity index (χ2v) is 8.13. The Morgan fingerprint density at radius 1 is 1.04 bits per heavy atom. The van der Waals surface area contributed by atoms with Crippen LogP contribution in [-0.4, -0.2) is 46.1 Å². The van der Waals surface area contributed by atoms with Crippen LogP contribution in [0, 0.1) is 6.92 Å². The molecule has 4 heterocycles. The Bertz CT molecular complexity index is 784. The highest BCUT2D eigenvalue weighted by atomic mass is 15.2. The van der Waals surface area contributed by atoms with E-state index in [2.05, 4.69) is 39.7 Å². The summed E-state index contributed by atoms with van der Waals surface area (Å²) in [5.74, 6) is 3.94. The van der Waals surface area contributed by atoms with Gasteiger partial charge in [0.2, 0.25) is 0 Å². The normalized spacial score (nSPS) is 20.5. The van der Waals surface area contributed by atoms with Crippen molar-refractivity contribution in [3.05, 3.63) is 35.7 Å². The van der Waals surface area contributed by atoms with Crippen molar-refractivity contribution >= 4 is 11.6 Å². The van der Waals surface area contributed by atoms with Gasteiger partial charge in [0.25, 0.3) is 0 Å². The van der Waals surface area contributed by atoms with Crippen molar-refractivity contribution in [3.63, 3.8) is 0 Å². The van der Waals surface area contributed by atoms with Gasteiger partial charge < -0.3 is 9.80 Å². The summed E-state index contributed by atoms with van der Waals surface area (Å²) in [6.45, 7) is 10.7. The average Bonchev–Trinajstić information content (AvgIpc) is 3.22. The minimum Gasteiger partial charge on any atom is -0.357 e. The maximum absolute atomic E-state index is 4.82. The molecule has 0 amide bonds. The van der Waals surface area contributed by atoms with Crippen molar-refractivity contribution in [2.45, 2.75) is 58.3 Å². The monoisotopic (exact) mass is 366 g/mol. The zero-order chi connectivity index (χ0) is 18.8. The molecule has 2 aromatic heterocycles. The quantitative estimate of drug-likeness (QED) is 0.823. The van der Waals surface area contributed by atoms with Gasteiger partial charge in [0, 0.05) is 49.9 Å². The Kier molecular flexibility index (Phi) is 5.23.